The summed E-state index contributed by atoms with van der Waals surface area (Å²) in [5.41, 5.74) is 2.13. The van der Waals surface area contributed by atoms with E-state index in [0.717, 1.165) is 17.4 Å². The third-order valence-electron chi connectivity index (χ3n) is 1.85. The van der Waals surface area contributed by atoms with Crippen LogP contribution in [-0.4, -0.2) is 14.7 Å². The van der Waals surface area contributed by atoms with Gasteiger partial charge in [0.15, 0.2) is 0 Å². The van der Waals surface area contributed by atoms with Crippen molar-refractivity contribution < 1.29 is 12.6 Å². The molecule has 0 N–H and O–H groups in total. The molecule has 80 valence electrons. The maximum atomic E-state index is 10.7. The Morgan fingerprint density at radius 3 is 2.60 bits per heavy atom. The maximum Gasteiger partial charge on any atom is 0.264 e. The predicted octanol–water partition coefficient (Wildman–Crippen LogP) is 1.34. The maximum absolute atomic E-state index is 10.7. The van der Waals surface area contributed by atoms with E-state index in [1.54, 1.807) is 25.1 Å². The lowest BCUT2D eigenvalue weighted by Gasteiger charge is -2.03. The molecule has 0 bridgehead atoms. The molecule has 1 aromatic rings. The van der Waals surface area contributed by atoms with Crippen molar-refractivity contribution in [1.82, 2.24) is 0 Å². The van der Waals surface area contributed by atoms with E-state index < -0.39 is 10.1 Å². The van der Waals surface area contributed by atoms with Crippen LogP contribution in [0.3, 0.4) is 0 Å². The molecule has 0 spiro atoms. The normalized spacial score (nSPS) is 11.0. The highest BCUT2D eigenvalue weighted by atomic mass is 32.2. The lowest BCUT2D eigenvalue weighted by molar-refractivity contribution is 0.311. The van der Waals surface area contributed by atoms with Crippen LogP contribution in [0.1, 0.15) is 16.7 Å². The highest BCUT2D eigenvalue weighted by Crippen LogP contribution is 2.11. The number of nitrogens with zero attached hydrogens (tertiary/aromatic N) is 1. The molecule has 5 heteroatoms. The SMILES string of the molecule is Cc1cc(COS(C)(=O)=O)ccc1C#N. The molecule has 1 rings (SSSR count). The largest absolute Gasteiger partial charge is 0.265 e. The third kappa shape index (κ3) is 3.70. The van der Waals surface area contributed by atoms with Crippen LogP contribution >= 0.6 is 0 Å². The molecule has 4 nitrogen and oxygen atoms in total. The second-order valence-electron chi connectivity index (χ2n) is 3.23. The zero-order valence-corrected chi connectivity index (χ0v) is 9.34. The van der Waals surface area contributed by atoms with Gasteiger partial charge in [0, 0.05) is 0 Å². The fraction of sp³-hybridized carbons (Fsp3) is 0.300. The van der Waals surface area contributed by atoms with Gasteiger partial charge in [-0.2, -0.15) is 13.7 Å². The summed E-state index contributed by atoms with van der Waals surface area (Å²) >= 11 is 0. The van der Waals surface area contributed by atoms with E-state index in [-0.39, 0.29) is 6.61 Å². The van der Waals surface area contributed by atoms with Gasteiger partial charge in [0.05, 0.1) is 24.5 Å². The molecule has 0 atom stereocenters. The minimum atomic E-state index is -3.42. The van der Waals surface area contributed by atoms with E-state index in [1.807, 2.05) is 6.07 Å². The average Bonchev–Trinajstić information content (AvgIpc) is 2.14. The Kier molecular flexibility index (Phi) is 3.45. The lowest BCUT2D eigenvalue weighted by Crippen LogP contribution is -2.02. The first kappa shape index (κ1) is 11.7. The van der Waals surface area contributed by atoms with Crippen molar-refractivity contribution in [2.24, 2.45) is 0 Å². The summed E-state index contributed by atoms with van der Waals surface area (Å²) in [5, 5.41) is 8.69. The van der Waals surface area contributed by atoms with Gasteiger partial charge in [-0.1, -0.05) is 12.1 Å². The summed E-state index contributed by atoms with van der Waals surface area (Å²) in [6.45, 7) is 1.80. The minimum Gasteiger partial charge on any atom is -0.265 e. The number of hydrogen-bond donors (Lipinski definition) is 0. The topological polar surface area (TPSA) is 67.2 Å². The fourth-order valence-electron chi connectivity index (χ4n) is 1.12. The lowest BCUT2D eigenvalue weighted by atomic mass is 10.1. The summed E-state index contributed by atoms with van der Waals surface area (Å²) in [4.78, 5) is 0. The van der Waals surface area contributed by atoms with Crippen LogP contribution in [0.15, 0.2) is 18.2 Å². The van der Waals surface area contributed by atoms with Crippen LogP contribution in [0.25, 0.3) is 0 Å². The third-order valence-corrected chi connectivity index (χ3v) is 2.40. The standard InChI is InChI=1S/C10H11NO3S/c1-8-5-9(3-4-10(8)6-11)7-14-15(2,12)13/h3-5H,7H2,1-2H3. The summed E-state index contributed by atoms with van der Waals surface area (Å²) in [6.07, 6.45) is 1.00. The molecule has 0 amide bonds. The van der Waals surface area contributed by atoms with Crippen molar-refractivity contribution in [2.45, 2.75) is 13.5 Å². The van der Waals surface area contributed by atoms with E-state index in [0.29, 0.717) is 5.56 Å². The van der Waals surface area contributed by atoms with Crippen LogP contribution in [0.5, 0.6) is 0 Å². The Labute approximate surface area is 89.2 Å². The highest BCUT2D eigenvalue weighted by molar-refractivity contribution is 7.85. The van der Waals surface area contributed by atoms with Gasteiger partial charge in [-0.3, -0.25) is 4.18 Å². The van der Waals surface area contributed by atoms with Crippen molar-refractivity contribution in [3.05, 3.63) is 34.9 Å². The summed E-state index contributed by atoms with van der Waals surface area (Å²) in [7, 11) is -3.42. The van der Waals surface area contributed by atoms with Crippen LogP contribution < -0.4 is 0 Å². The molecule has 0 saturated carbocycles. The second kappa shape index (κ2) is 4.43. The van der Waals surface area contributed by atoms with Crippen LogP contribution in [0, 0.1) is 18.3 Å². The van der Waals surface area contributed by atoms with Gasteiger partial charge in [0.25, 0.3) is 10.1 Å². The predicted molar refractivity (Wildman–Crippen MR) is 55.5 cm³/mol. The monoisotopic (exact) mass is 225 g/mol. The summed E-state index contributed by atoms with van der Waals surface area (Å²) < 4.78 is 26.1. The van der Waals surface area contributed by atoms with Gasteiger partial charge < -0.3 is 0 Å². The first-order valence-corrected chi connectivity index (χ1v) is 6.08. The van der Waals surface area contributed by atoms with Crippen LogP contribution in [0.4, 0.5) is 0 Å². The molecule has 0 aliphatic heterocycles. The van der Waals surface area contributed by atoms with Crippen LogP contribution in [-0.2, 0) is 20.9 Å². The van der Waals surface area contributed by atoms with Gasteiger partial charge in [0.1, 0.15) is 0 Å². The highest BCUT2D eigenvalue weighted by Gasteiger charge is 2.04. The zero-order chi connectivity index (χ0) is 11.5. The molecule has 0 aromatic heterocycles. The minimum absolute atomic E-state index is 0.00534. The Hall–Kier alpha value is -1.38. The second-order valence-corrected chi connectivity index (χ2v) is 4.87. The molecule has 0 aliphatic carbocycles. The van der Waals surface area contributed by atoms with E-state index in [9.17, 15) is 8.42 Å². The van der Waals surface area contributed by atoms with E-state index in [4.69, 9.17) is 5.26 Å². The average molecular weight is 225 g/mol. The Morgan fingerprint density at radius 1 is 1.47 bits per heavy atom. The quantitative estimate of drug-likeness (QED) is 0.728. The smallest absolute Gasteiger partial charge is 0.264 e. The van der Waals surface area contributed by atoms with Crippen molar-refractivity contribution in [2.75, 3.05) is 6.26 Å². The zero-order valence-electron chi connectivity index (χ0n) is 8.52. The van der Waals surface area contributed by atoms with Crippen LogP contribution in [0.2, 0.25) is 0 Å². The Morgan fingerprint density at radius 2 is 2.13 bits per heavy atom. The molecule has 0 radical (unpaired) electrons. The first-order valence-electron chi connectivity index (χ1n) is 4.26. The van der Waals surface area contributed by atoms with E-state index in [2.05, 4.69) is 4.18 Å². The fourth-order valence-corrected chi connectivity index (χ4v) is 1.47. The number of benzene rings is 1. The van der Waals surface area contributed by atoms with E-state index >= 15 is 0 Å². The Bertz CT molecular complexity index is 500. The molecule has 0 fully saturated rings. The number of nitriles is 1. The van der Waals surface area contributed by atoms with Crippen molar-refractivity contribution in [1.29, 1.82) is 5.26 Å². The van der Waals surface area contributed by atoms with Crippen molar-refractivity contribution in [3.63, 3.8) is 0 Å². The summed E-state index contributed by atoms with van der Waals surface area (Å²) in [6, 6.07) is 7.10. The van der Waals surface area contributed by atoms with Gasteiger partial charge >= 0.3 is 0 Å². The van der Waals surface area contributed by atoms with Crippen molar-refractivity contribution >= 4 is 10.1 Å². The number of hydrogen-bond acceptors (Lipinski definition) is 4. The molecule has 0 saturated heterocycles. The van der Waals surface area contributed by atoms with Gasteiger partial charge in [0.2, 0.25) is 0 Å². The van der Waals surface area contributed by atoms with Crippen molar-refractivity contribution in [3.8, 4) is 6.07 Å². The first-order chi connectivity index (χ1) is 6.92. The summed E-state index contributed by atoms with van der Waals surface area (Å²) in [5.74, 6) is 0. The molecule has 0 aliphatic rings. The molecule has 15 heavy (non-hydrogen) atoms. The van der Waals surface area contributed by atoms with Gasteiger partial charge in [-0.25, -0.2) is 0 Å². The Balaban J connectivity index is 2.82. The number of rotatable bonds is 3. The molecule has 0 heterocycles. The number of aryl methyl sites for hydroxylation is 1. The van der Waals surface area contributed by atoms with E-state index in [1.165, 1.54) is 0 Å². The molecular weight excluding hydrogens is 214 g/mol. The van der Waals surface area contributed by atoms with Gasteiger partial charge in [-0.05, 0) is 24.1 Å². The molecule has 0 unspecified atom stereocenters. The van der Waals surface area contributed by atoms with Gasteiger partial charge in [-0.15, -0.1) is 0 Å². The molecule has 1 aromatic carbocycles. The molecular formula is C10H11NO3S.